The van der Waals surface area contributed by atoms with Crippen LogP contribution >= 0.6 is 39.1 Å². The lowest BCUT2D eigenvalue weighted by atomic mass is 10.1. The van der Waals surface area contributed by atoms with Crippen LogP contribution in [-0.2, 0) is 0 Å². The highest BCUT2D eigenvalue weighted by Crippen LogP contribution is 2.31. The quantitative estimate of drug-likeness (QED) is 0.598. The van der Waals surface area contributed by atoms with Gasteiger partial charge in [-0.25, -0.2) is 0 Å². The minimum Gasteiger partial charge on any atom is -0.321 e. The van der Waals surface area contributed by atoms with Crippen LogP contribution in [0.3, 0.4) is 0 Å². The van der Waals surface area contributed by atoms with Crippen molar-refractivity contribution in [2.24, 2.45) is 0 Å². The maximum absolute atomic E-state index is 12.2. The molecule has 5 nitrogen and oxygen atoms in total. The Kier molecular flexibility index (Phi) is 4.82. The summed E-state index contributed by atoms with van der Waals surface area (Å²) in [6, 6.07) is 8.69. The number of nitro groups is 1. The molecule has 0 atom stereocenters. The van der Waals surface area contributed by atoms with E-state index in [2.05, 4.69) is 21.2 Å². The third kappa shape index (κ3) is 3.53. The number of hydrogen-bond acceptors (Lipinski definition) is 3. The number of benzene rings is 2. The Morgan fingerprint density at radius 1 is 1.24 bits per heavy atom. The van der Waals surface area contributed by atoms with Crippen molar-refractivity contribution in [2.75, 3.05) is 5.32 Å². The van der Waals surface area contributed by atoms with Crippen LogP contribution in [0.15, 0.2) is 40.9 Å². The molecule has 2 aromatic carbocycles. The number of carbonyl (C=O) groups excluding carboxylic acids is 1. The predicted molar refractivity (Wildman–Crippen MR) is 85.2 cm³/mol. The average molecular weight is 390 g/mol. The Labute approximate surface area is 138 Å². The van der Waals surface area contributed by atoms with Crippen molar-refractivity contribution in [3.8, 4) is 0 Å². The normalized spacial score (nSPS) is 10.2. The monoisotopic (exact) mass is 388 g/mol. The van der Waals surface area contributed by atoms with Gasteiger partial charge >= 0.3 is 0 Å². The lowest BCUT2D eigenvalue weighted by Gasteiger charge is -2.09. The van der Waals surface area contributed by atoms with Crippen molar-refractivity contribution in [2.45, 2.75) is 0 Å². The van der Waals surface area contributed by atoms with Crippen molar-refractivity contribution < 1.29 is 9.72 Å². The fourth-order valence-electron chi connectivity index (χ4n) is 1.64. The van der Waals surface area contributed by atoms with Gasteiger partial charge in [0.25, 0.3) is 11.6 Å². The summed E-state index contributed by atoms with van der Waals surface area (Å²) in [5, 5.41) is 14.2. The largest absolute Gasteiger partial charge is 0.321 e. The molecule has 0 aliphatic rings. The minimum atomic E-state index is -0.646. The van der Waals surface area contributed by atoms with E-state index in [0.29, 0.717) is 15.2 Å². The van der Waals surface area contributed by atoms with E-state index < -0.39 is 10.8 Å². The van der Waals surface area contributed by atoms with Crippen LogP contribution in [0.25, 0.3) is 0 Å². The number of carbonyl (C=O) groups is 1. The van der Waals surface area contributed by atoms with Crippen LogP contribution in [0.2, 0.25) is 10.0 Å². The zero-order chi connectivity index (χ0) is 15.6. The fourth-order valence-corrected chi connectivity index (χ4v) is 2.35. The van der Waals surface area contributed by atoms with E-state index in [1.54, 1.807) is 18.2 Å². The van der Waals surface area contributed by atoms with Gasteiger partial charge in [0.05, 0.1) is 20.1 Å². The highest BCUT2D eigenvalue weighted by Gasteiger charge is 2.21. The number of nitrogens with zero attached hydrogens (tertiary/aromatic N) is 1. The number of hydrogen-bond donors (Lipinski definition) is 1. The second-order valence-corrected chi connectivity index (χ2v) is 5.61. The molecule has 0 heterocycles. The van der Waals surface area contributed by atoms with Crippen molar-refractivity contribution in [3.05, 3.63) is 66.6 Å². The lowest BCUT2D eigenvalue weighted by molar-refractivity contribution is -0.385. The first-order chi connectivity index (χ1) is 9.90. The van der Waals surface area contributed by atoms with Gasteiger partial charge in [-0.05, 0) is 40.2 Å². The van der Waals surface area contributed by atoms with Gasteiger partial charge in [-0.2, -0.15) is 0 Å². The molecule has 21 heavy (non-hydrogen) atoms. The third-order valence-corrected chi connectivity index (χ3v) is 4.23. The van der Waals surface area contributed by atoms with Gasteiger partial charge in [-0.3, -0.25) is 14.9 Å². The van der Waals surface area contributed by atoms with E-state index in [9.17, 15) is 14.9 Å². The zero-order valence-corrected chi connectivity index (χ0v) is 13.4. The Hall–Kier alpha value is -1.63. The molecule has 0 fully saturated rings. The van der Waals surface area contributed by atoms with Gasteiger partial charge in [0.2, 0.25) is 0 Å². The molecule has 0 spiro atoms. The Bertz CT molecular complexity index is 737. The number of halogens is 3. The molecule has 0 aliphatic heterocycles. The molecule has 1 N–H and O–H groups in total. The Morgan fingerprint density at radius 2 is 1.95 bits per heavy atom. The zero-order valence-electron chi connectivity index (χ0n) is 10.3. The van der Waals surface area contributed by atoms with Crippen LogP contribution in [0, 0.1) is 10.1 Å². The average Bonchev–Trinajstić information content (AvgIpc) is 2.43. The van der Waals surface area contributed by atoms with E-state index in [4.69, 9.17) is 23.2 Å². The molecule has 0 saturated heterocycles. The van der Waals surface area contributed by atoms with Gasteiger partial charge in [-0.15, -0.1) is 0 Å². The molecule has 108 valence electrons. The Morgan fingerprint density at radius 3 is 2.62 bits per heavy atom. The molecule has 2 rings (SSSR count). The number of amides is 1. The van der Waals surface area contributed by atoms with E-state index in [1.165, 1.54) is 18.2 Å². The fraction of sp³-hybridized carbons (Fsp3) is 0. The SMILES string of the molecule is O=C(Nc1cccc(Cl)c1Br)c1cc(Cl)ccc1[N+](=O)[O-]. The molecule has 0 aliphatic carbocycles. The predicted octanol–water partition coefficient (Wildman–Crippen LogP) is 4.92. The standard InChI is InChI=1S/C13H7BrCl2N2O3/c14-12-9(16)2-1-3-10(12)17-13(19)8-6-7(15)4-5-11(8)18(20)21/h1-6H,(H,17,19). The molecular weight excluding hydrogens is 383 g/mol. The molecular formula is C13H7BrCl2N2O3. The molecule has 2 aromatic rings. The molecule has 0 bridgehead atoms. The second kappa shape index (κ2) is 6.43. The maximum atomic E-state index is 12.2. The smallest absolute Gasteiger partial charge is 0.282 e. The van der Waals surface area contributed by atoms with E-state index in [0.717, 1.165) is 0 Å². The van der Waals surface area contributed by atoms with Crippen molar-refractivity contribution in [1.29, 1.82) is 0 Å². The molecule has 8 heteroatoms. The van der Waals surface area contributed by atoms with Crippen LogP contribution in [-0.4, -0.2) is 10.8 Å². The van der Waals surface area contributed by atoms with E-state index >= 15 is 0 Å². The Balaban J connectivity index is 2.39. The molecule has 0 saturated carbocycles. The number of nitrogens with one attached hydrogen (secondary N) is 1. The topological polar surface area (TPSA) is 72.2 Å². The summed E-state index contributed by atoms with van der Waals surface area (Å²) < 4.78 is 0.490. The van der Waals surface area contributed by atoms with Crippen LogP contribution < -0.4 is 5.32 Å². The molecule has 1 amide bonds. The van der Waals surface area contributed by atoms with Crippen molar-refractivity contribution >= 4 is 56.4 Å². The van der Waals surface area contributed by atoms with E-state index in [-0.39, 0.29) is 16.3 Å². The number of anilines is 1. The van der Waals surface area contributed by atoms with Gasteiger partial charge < -0.3 is 5.32 Å². The summed E-state index contributed by atoms with van der Waals surface area (Å²) in [6.45, 7) is 0. The number of nitro benzene ring substituents is 1. The van der Waals surface area contributed by atoms with Crippen molar-refractivity contribution in [3.63, 3.8) is 0 Å². The lowest BCUT2D eigenvalue weighted by Crippen LogP contribution is -2.14. The highest BCUT2D eigenvalue weighted by atomic mass is 79.9. The second-order valence-electron chi connectivity index (χ2n) is 3.97. The maximum Gasteiger partial charge on any atom is 0.282 e. The summed E-state index contributed by atoms with van der Waals surface area (Å²) >= 11 is 15.0. The van der Waals surface area contributed by atoms with Gasteiger partial charge in [-0.1, -0.05) is 29.3 Å². The van der Waals surface area contributed by atoms with Crippen LogP contribution in [0.5, 0.6) is 0 Å². The first kappa shape index (κ1) is 15.8. The number of rotatable bonds is 3. The summed E-state index contributed by atoms with van der Waals surface area (Å²) in [4.78, 5) is 22.5. The van der Waals surface area contributed by atoms with E-state index in [1.807, 2.05) is 0 Å². The van der Waals surface area contributed by atoms with Gasteiger partial charge in [0, 0.05) is 11.1 Å². The summed E-state index contributed by atoms with van der Waals surface area (Å²) in [5.41, 5.74) is -0.0452. The first-order valence-corrected chi connectivity index (χ1v) is 7.14. The highest BCUT2D eigenvalue weighted by molar-refractivity contribution is 9.10. The summed E-state index contributed by atoms with van der Waals surface area (Å²) in [7, 11) is 0. The molecule has 0 radical (unpaired) electrons. The third-order valence-electron chi connectivity index (χ3n) is 2.60. The minimum absolute atomic E-state index is 0.126. The molecule has 0 unspecified atom stereocenters. The van der Waals surface area contributed by atoms with Crippen LogP contribution in [0.4, 0.5) is 11.4 Å². The molecule has 0 aromatic heterocycles. The summed E-state index contributed by atoms with van der Waals surface area (Å²) in [6.07, 6.45) is 0. The van der Waals surface area contributed by atoms with Gasteiger partial charge in [0.15, 0.2) is 0 Å². The summed E-state index contributed by atoms with van der Waals surface area (Å²) in [5.74, 6) is -0.646. The van der Waals surface area contributed by atoms with Crippen molar-refractivity contribution in [1.82, 2.24) is 0 Å². The van der Waals surface area contributed by atoms with Gasteiger partial charge in [0.1, 0.15) is 5.56 Å². The first-order valence-electron chi connectivity index (χ1n) is 5.59. The van der Waals surface area contributed by atoms with Crippen LogP contribution in [0.1, 0.15) is 10.4 Å².